The van der Waals surface area contributed by atoms with Gasteiger partial charge in [-0.3, -0.25) is 4.90 Å². The molecule has 6 heterocycles. The van der Waals surface area contributed by atoms with Crippen LogP contribution in [0.25, 0.3) is 32.2 Å². The monoisotopic (exact) mass is 613 g/mol. The van der Waals surface area contributed by atoms with E-state index in [1.807, 2.05) is 0 Å². The van der Waals surface area contributed by atoms with Gasteiger partial charge >= 0.3 is 6.01 Å². The number of ether oxygens (including phenoxy) is 2. The fraction of sp³-hybridized carbons (Fsp3) is 0.483. The molecule has 13 heteroatoms. The summed E-state index contributed by atoms with van der Waals surface area (Å²) in [4.78, 5) is 18.5. The lowest BCUT2D eigenvalue weighted by atomic mass is 9.95. The zero-order chi connectivity index (χ0) is 28.6. The number of morpholine rings is 1. The first-order chi connectivity index (χ1) is 20.4. The van der Waals surface area contributed by atoms with Crippen molar-refractivity contribution in [1.82, 2.24) is 25.2 Å². The highest BCUT2D eigenvalue weighted by Gasteiger charge is 2.45. The smallest absolute Gasteiger partial charge is 0.319 e. The molecule has 4 aromatic rings. The zero-order valence-corrected chi connectivity index (χ0v) is 24.4. The van der Waals surface area contributed by atoms with Crippen molar-refractivity contribution in [1.29, 1.82) is 0 Å². The zero-order valence-electron chi connectivity index (χ0n) is 22.8. The van der Waals surface area contributed by atoms with E-state index in [0.717, 1.165) is 50.1 Å². The van der Waals surface area contributed by atoms with Crippen LogP contribution in [-0.2, 0) is 4.74 Å². The molecule has 3 N–H and O–H groups in total. The standard InChI is InChI=1S/C29H30ClF2N7O2S/c30-19-9-18-23(22(32)21(19)17-3-4-20(31)25-24(17)35-27(33)42-25)36-28(41-14-29-5-1-7-39(29)8-2-6-29)37-26(18)38-10-15-12-40-13-16(11-38)34-15/h3-4,9,15-16,34H,1-2,5-8,10-14H2,(H2,33,35). The van der Waals surface area contributed by atoms with Crippen LogP contribution < -0.4 is 20.7 Å². The molecule has 4 aliphatic rings. The Labute approximate surface area is 250 Å². The number of nitrogens with zero attached hydrogens (tertiary/aromatic N) is 5. The lowest BCUT2D eigenvalue weighted by Gasteiger charge is -2.43. The number of piperazine rings is 1. The molecular weight excluding hydrogens is 584 g/mol. The molecule has 2 atom stereocenters. The van der Waals surface area contributed by atoms with Crippen LogP contribution in [0.3, 0.4) is 0 Å². The molecule has 0 radical (unpaired) electrons. The maximum atomic E-state index is 16.7. The fourth-order valence-corrected chi connectivity index (χ4v) is 8.40. The predicted octanol–water partition coefficient (Wildman–Crippen LogP) is 4.60. The Bertz CT molecular complexity index is 1700. The van der Waals surface area contributed by atoms with Gasteiger partial charge in [-0.1, -0.05) is 22.9 Å². The number of fused-ring (bicyclic) bond motifs is 5. The third-order valence-electron chi connectivity index (χ3n) is 9.20. The molecule has 0 saturated carbocycles. The highest BCUT2D eigenvalue weighted by atomic mass is 35.5. The second-order valence-corrected chi connectivity index (χ2v) is 13.2. The molecule has 0 spiro atoms. The van der Waals surface area contributed by atoms with E-state index in [1.54, 1.807) is 6.07 Å². The predicted molar refractivity (Wildman–Crippen MR) is 160 cm³/mol. The Morgan fingerprint density at radius 2 is 1.86 bits per heavy atom. The fourth-order valence-electron chi connectivity index (χ4n) is 7.34. The van der Waals surface area contributed by atoms with Crippen molar-refractivity contribution in [2.75, 3.05) is 56.6 Å². The van der Waals surface area contributed by atoms with Crippen LogP contribution >= 0.6 is 22.9 Å². The highest BCUT2D eigenvalue weighted by Crippen LogP contribution is 2.43. The number of nitrogens with one attached hydrogen (secondary N) is 1. The number of nitrogens with two attached hydrogens (primary N) is 1. The summed E-state index contributed by atoms with van der Waals surface area (Å²) in [6, 6.07) is 4.85. The van der Waals surface area contributed by atoms with Crippen LogP contribution in [0.2, 0.25) is 5.02 Å². The number of nitrogen functional groups attached to an aromatic ring is 1. The summed E-state index contributed by atoms with van der Waals surface area (Å²) in [5.41, 5.74) is 6.70. The minimum Gasteiger partial charge on any atom is -0.461 e. The summed E-state index contributed by atoms with van der Waals surface area (Å²) >= 11 is 7.83. The van der Waals surface area contributed by atoms with Gasteiger partial charge in [0.15, 0.2) is 10.9 Å². The van der Waals surface area contributed by atoms with Crippen molar-refractivity contribution in [2.45, 2.75) is 43.3 Å². The van der Waals surface area contributed by atoms with Crippen molar-refractivity contribution in [3.05, 3.63) is 34.9 Å². The summed E-state index contributed by atoms with van der Waals surface area (Å²) in [6.07, 6.45) is 4.42. The second-order valence-electron chi connectivity index (χ2n) is 11.8. The van der Waals surface area contributed by atoms with E-state index in [4.69, 9.17) is 31.8 Å². The summed E-state index contributed by atoms with van der Waals surface area (Å²) in [7, 11) is 0. The van der Waals surface area contributed by atoms with E-state index in [1.165, 1.54) is 12.1 Å². The maximum absolute atomic E-state index is 16.7. The van der Waals surface area contributed by atoms with Gasteiger partial charge in [0.1, 0.15) is 23.8 Å². The van der Waals surface area contributed by atoms with Gasteiger partial charge in [-0.15, -0.1) is 0 Å². The first-order valence-electron chi connectivity index (χ1n) is 14.4. The lowest BCUT2D eigenvalue weighted by Crippen LogP contribution is -2.63. The van der Waals surface area contributed by atoms with Gasteiger partial charge in [0.2, 0.25) is 0 Å². The van der Waals surface area contributed by atoms with Gasteiger partial charge in [0.25, 0.3) is 0 Å². The quantitative estimate of drug-likeness (QED) is 0.334. The number of halogens is 3. The third-order valence-corrected chi connectivity index (χ3v) is 10.4. The Morgan fingerprint density at radius 3 is 2.62 bits per heavy atom. The summed E-state index contributed by atoms with van der Waals surface area (Å²) in [5.74, 6) is -0.526. The molecule has 8 rings (SSSR count). The number of thiazole rings is 1. The maximum Gasteiger partial charge on any atom is 0.319 e. The van der Waals surface area contributed by atoms with Crippen molar-refractivity contribution in [3.63, 3.8) is 0 Å². The minimum atomic E-state index is -0.634. The molecule has 2 aromatic heterocycles. The van der Waals surface area contributed by atoms with Crippen molar-refractivity contribution >= 4 is 55.0 Å². The molecule has 42 heavy (non-hydrogen) atoms. The number of benzene rings is 2. The summed E-state index contributed by atoms with van der Waals surface area (Å²) < 4.78 is 43.6. The minimum absolute atomic E-state index is 0.0180. The van der Waals surface area contributed by atoms with Crippen molar-refractivity contribution in [2.24, 2.45) is 0 Å². The molecule has 2 bridgehead atoms. The number of rotatable bonds is 5. The van der Waals surface area contributed by atoms with Crippen LogP contribution in [-0.4, -0.2) is 83.5 Å². The van der Waals surface area contributed by atoms with Gasteiger partial charge in [0, 0.05) is 41.7 Å². The van der Waals surface area contributed by atoms with Gasteiger partial charge < -0.3 is 25.4 Å². The topological polar surface area (TPSA) is 102 Å². The average Bonchev–Trinajstić information content (AvgIpc) is 3.67. The van der Waals surface area contributed by atoms with Gasteiger partial charge in [-0.05, 0) is 57.0 Å². The Balaban J connectivity index is 1.27. The molecule has 2 aromatic carbocycles. The van der Waals surface area contributed by atoms with E-state index in [2.05, 4.69) is 25.1 Å². The molecular formula is C29H30ClF2N7O2S. The number of anilines is 2. The first kappa shape index (κ1) is 26.7. The Morgan fingerprint density at radius 1 is 1.10 bits per heavy atom. The summed E-state index contributed by atoms with van der Waals surface area (Å²) in [5, 5.41) is 4.42. The third kappa shape index (κ3) is 4.29. The molecule has 2 unspecified atom stereocenters. The van der Waals surface area contributed by atoms with E-state index in [9.17, 15) is 4.39 Å². The van der Waals surface area contributed by atoms with Gasteiger partial charge in [-0.25, -0.2) is 13.8 Å². The second kappa shape index (κ2) is 10.1. The first-order valence-corrected chi connectivity index (χ1v) is 15.6. The average molecular weight is 614 g/mol. The van der Waals surface area contributed by atoms with E-state index >= 15 is 4.39 Å². The number of hydrogen-bond acceptors (Lipinski definition) is 10. The largest absolute Gasteiger partial charge is 0.461 e. The van der Waals surface area contributed by atoms with Crippen LogP contribution in [0.15, 0.2) is 18.2 Å². The highest BCUT2D eigenvalue weighted by molar-refractivity contribution is 7.22. The number of hydrogen-bond donors (Lipinski definition) is 2. The SMILES string of the molecule is Nc1nc2c(-c3c(Cl)cc4c(N5CC6COCC(C5)N6)nc(OCC56CCCN5CCC6)nc4c3F)ccc(F)c2s1. The van der Waals surface area contributed by atoms with Crippen LogP contribution in [0.5, 0.6) is 6.01 Å². The molecule has 4 aliphatic heterocycles. The Kier molecular flexibility index (Phi) is 6.41. The van der Waals surface area contributed by atoms with E-state index in [0.29, 0.717) is 49.7 Å². The normalized spacial score (nSPS) is 23.6. The molecule has 9 nitrogen and oxygen atoms in total. The van der Waals surface area contributed by atoms with Crippen molar-refractivity contribution in [3.8, 4) is 17.1 Å². The Hall–Kier alpha value is -2.90. The number of aromatic nitrogens is 3. The van der Waals surface area contributed by atoms with E-state index < -0.39 is 11.6 Å². The van der Waals surface area contributed by atoms with Gasteiger partial charge in [-0.2, -0.15) is 9.97 Å². The van der Waals surface area contributed by atoms with Crippen LogP contribution in [0.4, 0.5) is 19.7 Å². The molecule has 4 fully saturated rings. The van der Waals surface area contributed by atoms with Crippen LogP contribution in [0, 0.1) is 11.6 Å². The molecule has 0 amide bonds. The van der Waals surface area contributed by atoms with Crippen molar-refractivity contribution < 1.29 is 18.3 Å². The molecule has 220 valence electrons. The van der Waals surface area contributed by atoms with Gasteiger partial charge in [0.05, 0.1) is 34.0 Å². The molecule has 0 aliphatic carbocycles. The van der Waals surface area contributed by atoms with E-state index in [-0.39, 0.29) is 55.1 Å². The summed E-state index contributed by atoms with van der Waals surface area (Å²) in [6.45, 7) is 5.06. The van der Waals surface area contributed by atoms with Crippen LogP contribution in [0.1, 0.15) is 25.7 Å². The molecule has 4 saturated heterocycles. The lowest BCUT2D eigenvalue weighted by molar-refractivity contribution is 0.0374.